The smallest absolute Gasteiger partial charge is 0.141 e. The third-order valence-corrected chi connectivity index (χ3v) is 7.87. The van der Waals surface area contributed by atoms with Gasteiger partial charge in [0.25, 0.3) is 0 Å². The molecule has 0 saturated heterocycles. The number of carbonyl (C=O) groups excluding carboxylic acids is 1. The highest BCUT2D eigenvalue weighted by molar-refractivity contribution is 5.86. The van der Waals surface area contributed by atoms with Crippen molar-refractivity contribution >= 4 is 5.78 Å². The Morgan fingerprint density at radius 1 is 1.20 bits per heavy atom. The number of allylic oxidation sites excluding steroid dienone is 2. The first kappa shape index (κ1) is 19.0. The fourth-order valence-corrected chi connectivity index (χ4v) is 6.01. The van der Waals surface area contributed by atoms with E-state index in [2.05, 4.69) is 13.0 Å². The van der Waals surface area contributed by atoms with Crippen LogP contribution >= 0.6 is 0 Å². The van der Waals surface area contributed by atoms with E-state index in [0.29, 0.717) is 18.8 Å². The van der Waals surface area contributed by atoms with Crippen molar-refractivity contribution in [3.05, 3.63) is 11.6 Å². The standard InChI is InChI=1S/C20H32O5/c1-18-8-7-17(24)19(2,10-21)16(18)6-3-13-9-14(4-5-15(13)18)20(25,11-22)12-23/h3,14-16,21-23,25H,4-12H2,1-2H3/t14-,15-,16+,18+,19-/m1/s1. The second-order valence-electron chi connectivity index (χ2n) is 9.02. The fraction of sp³-hybridized carbons (Fsp3) is 0.850. The molecule has 142 valence electrons. The van der Waals surface area contributed by atoms with Gasteiger partial charge in [-0.1, -0.05) is 25.5 Å². The van der Waals surface area contributed by atoms with Crippen LogP contribution < -0.4 is 0 Å². The van der Waals surface area contributed by atoms with E-state index in [1.54, 1.807) is 0 Å². The molecule has 2 fully saturated rings. The molecule has 4 N–H and O–H groups in total. The molecule has 5 atom stereocenters. The van der Waals surface area contributed by atoms with E-state index in [9.17, 15) is 25.2 Å². The highest BCUT2D eigenvalue weighted by Gasteiger charge is 2.58. The quantitative estimate of drug-likeness (QED) is 0.574. The summed E-state index contributed by atoms with van der Waals surface area (Å²) in [5.41, 5.74) is -0.809. The van der Waals surface area contributed by atoms with Crippen molar-refractivity contribution in [3.63, 3.8) is 0 Å². The lowest BCUT2D eigenvalue weighted by molar-refractivity contribution is -0.152. The van der Waals surface area contributed by atoms with Crippen LogP contribution in [0.25, 0.3) is 0 Å². The largest absolute Gasteiger partial charge is 0.395 e. The molecule has 0 aromatic heterocycles. The maximum absolute atomic E-state index is 12.5. The molecule has 0 heterocycles. The molecule has 3 aliphatic rings. The third kappa shape index (κ3) is 2.71. The van der Waals surface area contributed by atoms with Gasteiger partial charge in [-0.05, 0) is 55.3 Å². The summed E-state index contributed by atoms with van der Waals surface area (Å²) < 4.78 is 0. The lowest BCUT2D eigenvalue weighted by Crippen LogP contribution is -2.56. The van der Waals surface area contributed by atoms with E-state index in [-0.39, 0.29) is 29.6 Å². The minimum atomic E-state index is -1.42. The molecule has 0 aliphatic heterocycles. The van der Waals surface area contributed by atoms with Crippen LogP contribution in [0.3, 0.4) is 0 Å². The molecule has 3 rings (SSSR count). The molecule has 0 spiro atoms. The van der Waals surface area contributed by atoms with Gasteiger partial charge < -0.3 is 20.4 Å². The molecule has 3 aliphatic carbocycles. The summed E-state index contributed by atoms with van der Waals surface area (Å²) in [4.78, 5) is 12.5. The molecule has 0 amide bonds. The Morgan fingerprint density at radius 2 is 1.88 bits per heavy atom. The first-order valence-corrected chi connectivity index (χ1v) is 9.52. The van der Waals surface area contributed by atoms with Crippen LogP contribution in [0, 0.1) is 28.6 Å². The maximum Gasteiger partial charge on any atom is 0.141 e. The Hall–Kier alpha value is -0.750. The van der Waals surface area contributed by atoms with E-state index in [4.69, 9.17) is 0 Å². The summed E-state index contributed by atoms with van der Waals surface area (Å²) in [6.45, 7) is 3.23. The van der Waals surface area contributed by atoms with E-state index in [1.165, 1.54) is 5.57 Å². The second kappa shape index (κ2) is 6.45. The minimum Gasteiger partial charge on any atom is -0.395 e. The minimum absolute atomic E-state index is 0.0169. The fourth-order valence-electron chi connectivity index (χ4n) is 6.01. The Morgan fingerprint density at radius 3 is 2.48 bits per heavy atom. The van der Waals surface area contributed by atoms with Gasteiger partial charge in [0.1, 0.15) is 11.4 Å². The monoisotopic (exact) mass is 352 g/mol. The zero-order valence-corrected chi connectivity index (χ0v) is 15.4. The van der Waals surface area contributed by atoms with E-state index in [0.717, 1.165) is 25.7 Å². The number of ketones is 1. The summed E-state index contributed by atoms with van der Waals surface area (Å²) in [7, 11) is 0. The van der Waals surface area contributed by atoms with Crippen LogP contribution in [0.15, 0.2) is 11.6 Å². The normalized spacial score (nSPS) is 41.8. The summed E-state index contributed by atoms with van der Waals surface area (Å²) in [5, 5.41) is 39.5. The zero-order valence-electron chi connectivity index (χ0n) is 15.4. The van der Waals surface area contributed by atoms with Crippen LogP contribution in [0.4, 0.5) is 0 Å². The van der Waals surface area contributed by atoms with E-state index >= 15 is 0 Å². The summed E-state index contributed by atoms with van der Waals surface area (Å²) in [6, 6.07) is 0. The highest BCUT2D eigenvalue weighted by atomic mass is 16.4. The average molecular weight is 352 g/mol. The second-order valence-corrected chi connectivity index (χ2v) is 9.02. The molecule has 0 radical (unpaired) electrons. The number of aliphatic hydroxyl groups is 4. The van der Waals surface area contributed by atoms with Crippen molar-refractivity contribution in [2.75, 3.05) is 19.8 Å². The first-order chi connectivity index (χ1) is 11.7. The van der Waals surface area contributed by atoms with Crippen LogP contribution in [0.2, 0.25) is 0 Å². The van der Waals surface area contributed by atoms with Gasteiger partial charge in [-0.15, -0.1) is 0 Å². The van der Waals surface area contributed by atoms with Gasteiger partial charge >= 0.3 is 0 Å². The highest BCUT2D eigenvalue weighted by Crippen LogP contribution is 2.61. The first-order valence-electron chi connectivity index (χ1n) is 9.52. The predicted molar refractivity (Wildman–Crippen MR) is 93.7 cm³/mol. The molecular formula is C20H32O5. The van der Waals surface area contributed by atoms with Crippen molar-refractivity contribution in [1.82, 2.24) is 0 Å². The molecule has 0 aromatic carbocycles. The van der Waals surface area contributed by atoms with Crippen molar-refractivity contribution in [3.8, 4) is 0 Å². The Labute approximate surface area is 149 Å². The number of fused-ring (bicyclic) bond motifs is 3. The van der Waals surface area contributed by atoms with Crippen molar-refractivity contribution in [1.29, 1.82) is 0 Å². The maximum atomic E-state index is 12.5. The molecule has 0 unspecified atom stereocenters. The van der Waals surface area contributed by atoms with Gasteiger partial charge in [0, 0.05) is 6.42 Å². The molecular weight excluding hydrogens is 320 g/mol. The Bertz CT molecular complexity index is 566. The number of aliphatic hydroxyl groups excluding tert-OH is 3. The van der Waals surface area contributed by atoms with E-state index < -0.39 is 24.2 Å². The molecule has 5 nitrogen and oxygen atoms in total. The summed E-state index contributed by atoms with van der Waals surface area (Å²) >= 11 is 0. The van der Waals surface area contributed by atoms with Crippen LogP contribution in [0.1, 0.15) is 52.4 Å². The zero-order chi connectivity index (χ0) is 18.5. The van der Waals surface area contributed by atoms with Crippen molar-refractivity contribution in [2.24, 2.45) is 28.6 Å². The number of hydrogen-bond donors (Lipinski definition) is 4. The average Bonchev–Trinajstić information content (AvgIpc) is 2.64. The number of rotatable bonds is 4. The summed E-state index contributed by atoms with van der Waals surface area (Å²) in [5.74, 6) is 0.534. The van der Waals surface area contributed by atoms with Gasteiger partial charge in [0.15, 0.2) is 0 Å². The van der Waals surface area contributed by atoms with Gasteiger partial charge in [0.05, 0.1) is 25.2 Å². The third-order valence-electron chi connectivity index (χ3n) is 7.87. The lowest BCUT2D eigenvalue weighted by Gasteiger charge is -2.58. The van der Waals surface area contributed by atoms with Crippen LogP contribution in [-0.2, 0) is 4.79 Å². The van der Waals surface area contributed by atoms with Gasteiger partial charge in [-0.2, -0.15) is 0 Å². The molecule has 25 heavy (non-hydrogen) atoms. The molecule has 5 heteroatoms. The Balaban J connectivity index is 1.90. The molecule has 0 bridgehead atoms. The number of hydrogen-bond acceptors (Lipinski definition) is 5. The van der Waals surface area contributed by atoms with Crippen molar-refractivity contribution < 1.29 is 25.2 Å². The Kier molecular flexibility index (Phi) is 4.91. The molecule has 0 aromatic rings. The SMILES string of the molecule is C[C@@]12CCC(=O)[C@](C)(CO)[C@H]1CC=C1C[C@H](C(O)(CO)CO)CC[C@H]12. The lowest BCUT2D eigenvalue weighted by atomic mass is 9.46. The number of Topliss-reactive ketones (excluding diaryl/α,β-unsaturated/α-hetero) is 1. The van der Waals surface area contributed by atoms with Gasteiger partial charge in [0.2, 0.25) is 0 Å². The molecule has 2 saturated carbocycles. The predicted octanol–water partition coefficient (Wildman–Crippen LogP) is 1.43. The van der Waals surface area contributed by atoms with Gasteiger partial charge in [-0.3, -0.25) is 4.79 Å². The topological polar surface area (TPSA) is 98.0 Å². The van der Waals surface area contributed by atoms with Gasteiger partial charge in [-0.25, -0.2) is 0 Å². The number of carbonyl (C=O) groups is 1. The van der Waals surface area contributed by atoms with Crippen LogP contribution in [-0.4, -0.2) is 51.6 Å². The van der Waals surface area contributed by atoms with Crippen molar-refractivity contribution in [2.45, 2.75) is 58.0 Å². The van der Waals surface area contributed by atoms with Crippen LogP contribution in [0.5, 0.6) is 0 Å². The van der Waals surface area contributed by atoms with E-state index in [1.807, 2.05) is 6.92 Å². The summed E-state index contributed by atoms with van der Waals surface area (Å²) in [6.07, 6.45) is 6.68.